The minimum absolute atomic E-state index is 0.0109. The summed E-state index contributed by atoms with van der Waals surface area (Å²) in [7, 11) is 1.62. The van der Waals surface area contributed by atoms with E-state index < -0.39 is 0 Å². The number of ether oxygens (including phenoxy) is 1. The highest BCUT2D eigenvalue weighted by molar-refractivity contribution is 9.10. The Labute approximate surface area is 104 Å². The predicted molar refractivity (Wildman–Crippen MR) is 67.7 cm³/mol. The van der Waals surface area contributed by atoms with Crippen LogP contribution in [0.1, 0.15) is 22.8 Å². The number of carbonyl (C=O) groups is 1. The number of methoxy groups -OCH3 is 1. The molecule has 1 N–H and O–H groups in total. The Morgan fingerprint density at radius 3 is 2.75 bits per heavy atom. The Kier molecular flexibility index (Phi) is 4.96. The Morgan fingerprint density at radius 1 is 1.50 bits per heavy atom. The summed E-state index contributed by atoms with van der Waals surface area (Å²) in [4.78, 5) is 11.8. The molecule has 3 nitrogen and oxygen atoms in total. The van der Waals surface area contributed by atoms with Gasteiger partial charge in [-0.15, -0.1) is 0 Å². The zero-order valence-electron chi connectivity index (χ0n) is 9.71. The van der Waals surface area contributed by atoms with E-state index in [2.05, 4.69) is 21.2 Å². The fraction of sp³-hybridized carbons (Fsp3) is 0.417. The van der Waals surface area contributed by atoms with Crippen molar-refractivity contribution < 1.29 is 9.53 Å². The van der Waals surface area contributed by atoms with Gasteiger partial charge in [-0.1, -0.05) is 15.9 Å². The molecule has 0 heterocycles. The van der Waals surface area contributed by atoms with Crippen LogP contribution in [-0.2, 0) is 4.74 Å². The summed E-state index contributed by atoms with van der Waals surface area (Å²) in [5, 5.41) is 2.87. The van der Waals surface area contributed by atoms with Crippen molar-refractivity contribution >= 4 is 21.8 Å². The largest absolute Gasteiger partial charge is 0.383 e. The van der Waals surface area contributed by atoms with E-state index in [1.165, 1.54) is 0 Å². The molecule has 0 saturated carbocycles. The SMILES string of the molecule is COCC(C)NC(=O)c1cc(C)cc(Br)c1. The van der Waals surface area contributed by atoms with E-state index in [4.69, 9.17) is 4.74 Å². The van der Waals surface area contributed by atoms with Crippen molar-refractivity contribution in [3.8, 4) is 0 Å². The van der Waals surface area contributed by atoms with Gasteiger partial charge in [0.2, 0.25) is 0 Å². The number of carbonyl (C=O) groups excluding carboxylic acids is 1. The first kappa shape index (κ1) is 13.2. The van der Waals surface area contributed by atoms with Gasteiger partial charge in [0.15, 0.2) is 0 Å². The van der Waals surface area contributed by atoms with E-state index in [9.17, 15) is 4.79 Å². The van der Waals surface area contributed by atoms with Gasteiger partial charge < -0.3 is 10.1 Å². The van der Waals surface area contributed by atoms with E-state index >= 15 is 0 Å². The lowest BCUT2D eigenvalue weighted by Crippen LogP contribution is -2.35. The molecule has 0 aliphatic heterocycles. The van der Waals surface area contributed by atoms with Crippen LogP contribution in [0, 0.1) is 6.92 Å². The standard InChI is InChI=1S/C12H16BrNO2/c1-8-4-10(6-11(13)5-8)12(15)14-9(2)7-16-3/h4-6,9H,7H2,1-3H3,(H,14,15). The molecule has 1 rings (SSSR count). The summed E-state index contributed by atoms with van der Waals surface area (Å²) in [6, 6.07) is 5.65. The first-order valence-electron chi connectivity index (χ1n) is 5.10. The lowest BCUT2D eigenvalue weighted by Gasteiger charge is -2.13. The van der Waals surface area contributed by atoms with Gasteiger partial charge in [-0.3, -0.25) is 4.79 Å². The zero-order valence-corrected chi connectivity index (χ0v) is 11.3. The maximum atomic E-state index is 11.8. The summed E-state index contributed by atoms with van der Waals surface area (Å²) in [5.74, 6) is -0.0750. The minimum Gasteiger partial charge on any atom is -0.383 e. The van der Waals surface area contributed by atoms with Crippen molar-refractivity contribution in [1.82, 2.24) is 5.32 Å². The minimum atomic E-state index is -0.0750. The van der Waals surface area contributed by atoms with Crippen molar-refractivity contribution in [2.45, 2.75) is 19.9 Å². The molecule has 0 radical (unpaired) electrons. The topological polar surface area (TPSA) is 38.3 Å². The summed E-state index contributed by atoms with van der Waals surface area (Å²) >= 11 is 3.37. The fourth-order valence-electron chi connectivity index (χ4n) is 1.47. The summed E-state index contributed by atoms with van der Waals surface area (Å²) in [6.45, 7) is 4.38. The second-order valence-corrected chi connectivity index (χ2v) is 4.76. The van der Waals surface area contributed by atoms with E-state index in [0.717, 1.165) is 10.0 Å². The van der Waals surface area contributed by atoms with Crippen molar-refractivity contribution in [2.75, 3.05) is 13.7 Å². The number of nitrogens with one attached hydrogen (secondary N) is 1. The predicted octanol–water partition coefficient (Wildman–Crippen LogP) is 2.52. The van der Waals surface area contributed by atoms with Crippen LogP contribution in [0.15, 0.2) is 22.7 Å². The van der Waals surface area contributed by atoms with Crippen LogP contribution in [0.25, 0.3) is 0 Å². The highest BCUT2D eigenvalue weighted by Crippen LogP contribution is 2.15. The molecule has 0 aromatic heterocycles. The number of hydrogen-bond acceptors (Lipinski definition) is 2. The third-order valence-corrected chi connectivity index (χ3v) is 2.56. The van der Waals surface area contributed by atoms with Crippen LogP contribution in [0.2, 0.25) is 0 Å². The van der Waals surface area contributed by atoms with Gasteiger partial charge >= 0.3 is 0 Å². The molecule has 1 aromatic carbocycles. The van der Waals surface area contributed by atoms with Crippen LogP contribution >= 0.6 is 15.9 Å². The van der Waals surface area contributed by atoms with Crippen LogP contribution in [0.3, 0.4) is 0 Å². The Morgan fingerprint density at radius 2 is 2.19 bits per heavy atom. The molecule has 0 spiro atoms. The zero-order chi connectivity index (χ0) is 12.1. The van der Waals surface area contributed by atoms with Gasteiger partial charge in [0, 0.05) is 23.2 Å². The molecule has 0 aliphatic carbocycles. The fourth-order valence-corrected chi connectivity index (χ4v) is 2.07. The lowest BCUT2D eigenvalue weighted by atomic mass is 10.1. The normalized spacial score (nSPS) is 12.2. The van der Waals surface area contributed by atoms with Crippen LogP contribution in [0.5, 0.6) is 0 Å². The number of amides is 1. The molecule has 1 aromatic rings. The van der Waals surface area contributed by atoms with Gasteiger partial charge in [-0.2, -0.15) is 0 Å². The van der Waals surface area contributed by atoms with E-state index in [1.54, 1.807) is 7.11 Å². The molecule has 1 atom stereocenters. The summed E-state index contributed by atoms with van der Waals surface area (Å²) < 4.78 is 5.88. The van der Waals surface area contributed by atoms with E-state index in [0.29, 0.717) is 12.2 Å². The molecule has 0 fully saturated rings. The molecule has 0 saturated heterocycles. The molecule has 88 valence electrons. The Hall–Kier alpha value is -0.870. The number of rotatable bonds is 4. The molecule has 16 heavy (non-hydrogen) atoms. The van der Waals surface area contributed by atoms with Crippen LogP contribution in [-0.4, -0.2) is 25.7 Å². The van der Waals surface area contributed by atoms with Crippen molar-refractivity contribution in [2.24, 2.45) is 0 Å². The average molecular weight is 286 g/mol. The first-order chi connectivity index (χ1) is 7.52. The van der Waals surface area contributed by atoms with Gasteiger partial charge in [0.05, 0.1) is 6.61 Å². The molecule has 1 unspecified atom stereocenters. The quantitative estimate of drug-likeness (QED) is 0.923. The smallest absolute Gasteiger partial charge is 0.251 e. The Bertz CT molecular complexity index is 359. The third-order valence-electron chi connectivity index (χ3n) is 2.10. The summed E-state index contributed by atoms with van der Waals surface area (Å²) in [6.07, 6.45) is 0. The van der Waals surface area contributed by atoms with E-state index in [1.807, 2.05) is 32.0 Å². The monoisotopic (exact) mass is 285 g/mol. The second-order valence-electron chi connectivity index (χ2n) is 3.85. The number of halogens is 1. The molecule has 4 heteroatoms. The van der Waals surface area contributed by atoms with Gasteiger partial charge in [-0.25, -0.2) is 0 Å². The number of aryl methyl sites for hydroxylation is 1. The molecule has 0 bridgehead atoms. The third kappa shape index (κ3) is 3.94. The second kappa shape index (κ2) is 6.01. The first-order valence-corrected chi connectivity index (χ1v) is 5.89. The van der Waals surface area contributed by atoms with E-state index in [-0.39, 0.29) is 11.9 Å². The van der Waals surface area contributed by atoms with Gasteiger partial charge in [-0.05, 0) is 37.6 Å². The highest BCUT2D eigenvalue weighted by Gasteiger charge is 2.10. The number of hydrogen-bond donors (Lipinski definition) is 1. The maximum absolute atomic E-state index is 11.8. The number of benzene rings is 1. The summed E-state index contributed by atoms with van der Waals surface area (Å²) in [5.41, 5.74) is 1.72. The van der Waals surface area contributed by atoms with Crippen molar-refractivity contribution in [3.05, 3.63) is 33.8 Å². The van der Waals surface area contributed by atoms with Gasteiger partial charge in [0.25, 0.3) is 5.91 Å². The van der Waals surface area contributed by atoms with Crippen LogP contribution < -0.4 is 5.32 Å². The Balaban J connectivity index is 2.72. The highest BCUT2D eigenvalue weighted by atomic mass is 79.9. The average Bonchev–Trinajstić information content (AvgIpc) is 2.16. The van der Waals surface area contributed by atoms with Gasteiger partial charge in [0.1, 0.15) is 0 Å². The maximum Gasteiger partial charge on any atom is 0.251 e. The van der Waals surface area contributed by atoms with Crippen molar-refractivity contribution in [1.29, 1.82) is 0 Å². The van der Waals surface area contributed by atoms with Crippen LogP contribution in [0.4, 0.5) is 0 Å². The molecular weight excluding hydrogens is 270 g/mol. The molecule has 0 aliphatic rings. The lowest BCUT2D eigenvalue weighted by molar-refractivity contribution is 0.0905. The molecular formula is C12H16BrNO2. The van der Waals surface area contributed by atoms with Crippen molar-refractivity contribution in [3.63, 3.8) is 0 Å². The molecule has 1 amide bonds.